The molecule has 0 aliphatic carbocycles. The number of carbonyl (C=O) groups is 2. The summed E-state index contributed by atoms with van der Waals surface area (Å²) in [6.45, 7) is 6.22. The smallest absolute Gasteiger partial charge is 0.279 e. The Hall–Kier alpha value is -3.61. The number of ether oxygens (including phenoxy) is 1. The van der Waals surface area contributed by atoms with Crippen LogP contribution in [0.4, 0.5) is 0 Å². The Balaban J connectivity index is 1.51. The summed E-state index contributed by atoms with van der Waals surface area (Å²) in [5.41, 5.74) is 8.38. The number of nitrogens with zero attached hydrogens (tertiary/aromatic N) is 2. The van der Waals surface area contributed by atoms with Crippen LogP contribution in [-0.2, 0) is 11.3 Å². The van der Waals surface area contributed by atoms with Gasteiger partial charge in [-0.3, -0.25) is 20.4 Å². The highest BCUT2D eigenvalue weighted by atomic mass is 16.5. The molecular weight excluding hydrogens is 368 g/mol. The molecule has 2 amide bonds. The van der Waals surface area contributed by atoms with Gasteiger partial charge in [0.15, 0.2) is 6.10 Å². The lowest BCUT2D eigenvalue weighted by molar-refractivity contribution is -0.128. The van der Waals surface area contributed by atoms with Crippen LogP contribution in [-0.4, -0.2) is 27.5 Å². The molecule has 3 rings (SSSR count). The maximum Gasteiger partial charge on any atom is 0.279 e. The minimum Gasteiger partial charge on any atom is -0.481 e. The van der Waals surface area contributed by atoms with Crippen molar-refractivity contribution in [3.05, 3.63) is 83.4 Å². The van der Waals surface area contributed by atoms with Gasteiger partial charge >= 0.3 is 0 Å². The number of hydrazine groups is 1. The second kappa shape index (κ2) is 9.05. The summed E-state index contributed by atoms with van der Waals surface area (Å²) in [6.07, 6.45) is 4.57. The second-order valence-electron chi connectivity index (χ2n) is 6.83. The van der Waals surface area contributed by atoms with Crippen LogP contribution in [0.2, 0.25) is 0 Å². The number of hydrogen-bond acceptors (Lipinski definition) is 4. The van der Waals surface area contributed by atoms with Crippen LogP contribution in [0, 0.1) is 13.8 Å². The van der Waals surface area contributed by atoms with E-state index in [0.717, 1.165) is 16.7 Å². The third-order valence-electron chi connectivity index (χ3n) is 4.67. The topological polar surface area (TPSA) is 85.3 Å². The molecule has 7 heteroatoms. The van der Waals surface area contributed by atoms with Crippen LogP contribution in [0.3, 0.4) is 0 Å². The largest absolute Gasteiger partial charge is 0.481 e. The minimum absolute atomic E-state index is 0.397. The van der Waals surface area contributed by atoms with Gasteiger partial charge in [0.25, 0.3) is 11.8 Å². The minimum atomic E-state index is -0.756. The lowest BCUT2D eigenvalue weighted by Gasteiger charge is -2.17. The Morgan fingerprint density at radius 1 is 1.10 bits per heavy atom. The Morgan fingerprint density at radius 2 is 1.86 bits per heavy atom. The second-order valence-corrected chi connectivity index (χ2v) is 6.83. The summed E-state index contributed by atoms with van der Waals surface area (Å²) < 4.78 is 7.66. The lowest BCUT2D eigenvalue weighted by Crippen LogP contribution is -2.47. The first-order chi connectivity index (χ1) is 13.9. The van der Waals surface area contributed by atoms with Crippen molar-refractivity contribution in [3.63, 3.8) is 0 Å². The van der Waals surface area contributed by atoms with Gasteiger partial charge in [-0.1, -0.05) is 24.3 Å². The fraction of sp³-hybridized carbons (Fsp3) is 0.227. The molecule has 150 valence electrons. The first-order valence-electron chi connectivity index (χ1n) is 9.32. The number of amides is 2. The highest BCUT2D eigenvalue weighted by Crippen LogP contribution is 2.21. The van der Waals surface area contributed by atoms with Crippen molar-refractivity contribution in [1.82, 2.24) is 20.4 Å². The molecule has 3 aromatic rings. The molecule has 0 radical (unpaired) electrons. The van der Waals surface area contributed by atoms with Crippen LogP contribution in [0.1, 0.15) is 34.0 Å². The highest BCUT2D eigenvalue weighted by molar-refractivity contribution is 5.95. The van der Waals surface area contributed by atoms with E-state index in [4.69, 9.17) is 4.74 Å². The molecule has 7 nitrogen and oxygen atoms in total. The number of rotatable bonds is 6. The molecule has 0 fully saturated rings. The molecule has 1 unspecified atom stereocenters. The van der Waals surface area contributed by atoms with Gasteiger partial charge in [-0.15, -0.1) is 0 Å². The highest BCUT2D eigenvalue weighted by Gasteiger charge is 2.17. The molecule has 0 aliphatic heterocycles. The fourth-order valence-electron chi connectivity index (χ4n) is 2.74. The fourth-order valence-corrected chi connectivity index (χ4v) is 2.74. The molecule has 29 heavy (non-hydrogen) atoms. The number of benzene rings is 2. The Labute approximate surface area is 169 Å². The van der Waals surface area contributed by atoms with E-state index in [9.17, 15) is 9.59 Å². The quantitative estimate of drug-likeness (QED) is 0.632. The summed E-state index contributed by atoms with van der Waals surface area (Å²) in [7, 11) is 0. The van der Waals surface area contributed by atoms with E-state index in [0.29, 0.717) is 17.9 Å². The maximum atomic E-state index is 12.3. The van der Waals surface area contributed by atoms with Gasteiger partial charge in [-0.25, -0.2) is 4.98 Å². The normalized spacial score (nSPS) is 11.6. The molecule has 0 bridgehead atoms. The zero-order valence-corrected chi connectivity index (χ0v) is 16.7. The number of imidazole rings is 1. The Bertz CT molecular complexity index is 982. The predicted molar refractivity (Wildman–Crippen MR) is 109 cm³/mol. The van der Waals surface area contributed by atoms with Crippen LogP contribution in [0.25, 0.3) is 0 Å². The summed E-state index contributed by atoms with van der Waals surface area (Å²) in [4.78, 5) is 28.5. The molecule has 2 aromatic carbocycles. The van der Waals surface area contributed by atoms with E-state index in [1.165, 1.54) is 0 Å². The van der Waals surface area contributed by atoms with Gasteiger partial charge in [0.05, 0.1) is 6.33 Å². The van der Waals surface area contributed by atoms with E-state index in [1.807, 2.05) is 54.9 Å². The SMILES string of the molecule is Cc1cccc(OC(C)C(=O)NNC(=O)c2ccc(Cn3ccnc3)cc2)c1C. The number of aromatic nitrogens is 2. The zero-order chi connectivity index (χ0) is 20.8. The van der Waals surface area contributed by atoms with Crippen molar-refractivity contribution in [3.8, 4) is 5.75 Å². The van der Waals surface area contributed by atoms with E-state index in [1.54, 1.807) is 31.6 Å². The van der Waals surface area contributed by atoms with E-state index in [2.05, 4.69) is 15.8 Å². The summed E-state index contributed by atoms with van der Waals surface area (Å²) >= 11 is 0. The number of aryl methyl sites for hydroxylation is 1. The van der Waals surface area contributed by atoms with Gasteiger partial charge in [0, 0.05) is 24.5 Å². The van der Waals surface area contributed by atoms with Crippen LogP contribution >= 0.6 is 0 Å². The summed E-state index contributed by atoms with van der Waals surface area (Å²) in [5, 5.41) is 0. The van der Waals surface area contributed by atoms with Crippen molar-refractivity contribution in [2.24, 2.45) is 0 Å². The number of hydrogen-bond donors (Lipinski definition) is 2. The lowest BCUT2D eigenvalue weighted by atomic mass is 10.1. The van der Waals surface area contributed by atoms with Gasteiger partial charge in [-0.2, -0.15) is 0 Å². The van der Waals surface area contributed by atoms with Crippen molar-refractivity contribution in [1.29, 1.82) is 0 Å². The number of carbonyl (C=O) groups excluding carboxylic acids is 2. The molecule has 0 spiro atoms. The van der Waals surface area contributed by atoms with Gasteiger partial charge in [-0.05, 0) is 55.7 Å². The van der Waals surface area contributed by atoms with Crippen LogP contribution in [0.5, 0.6) is 5.75 Å². The first-order valence-corrected chi connectivity index (χ1v) is 9.32. The average molecular weight is 392 g/mol. The zero-order valence-electron chi connectivity index (χ0n) is 16.7. The standard InChI is InChI=1S/C22H24N4O3/c1-15-5-4-6-20(16(15)2)29-17(3)21(27)24-25-22(28)19-9-7-18(8-10-19)13-26-12-11-23-14-26/h4-12,14,17H,13H2,1-3H3,(H,24,27)(H,25,28). The van der Waals surface area contributed by atoms with Crippen LogP contribution < -0.4 is 15.6 Å². The molecule has 2 N–H and O–H groups in total. The summed E-state index contributed by atoms with van der Waals surface area (Å²) in [5.74, 6) is -0.185. The predicted octanol–water partition coefficient (Wildman–Crippen LogP) is 2.78. The maximum absolute atomic E-state index is 12.3. The van der Waals surface area contributed by atoms with Gasteiger partial charge < -0.3 is 9.30 Å². The van der Waals surface area contributed by atoms with E-state index in [-0.39, 0.29) is 0 Å². The van der Waals surface area contributed by atoms with Crippen molar-refractivity contribution in [2.45, 2.75) is 33.4 Å². The molecule has 0 saturated carbocycles. The Kier molecular flexibility index (Phi) is 6.29. The Morgan fingerprint density at radius 3 is 2.55 bits per heavy atom. The van der Waals surface area contributed by atoms with Crippen molar-refractivity contribution < 1.29 is 14.3 Å². The first kappa shape index (κ1) is 20.1. The van der Waals surface area contributed by atoms with E-state index < -0.39 is 17.9 Å². The van der Waals surface area contributed by atoms with Crippen molar-refractivity contribution >= 4 is 11.8 Å². The molecule has 0 aliphatic rings. The van der Waals surface area contributed by atoms with Gasteiger partial charge in [0.1, 0.15) is 5.75 Å². The van der Waals surface area contributed by atoms with Crippen LogP contribution in [0.15, 0.2) is 61.2 Å². The molecule has 1 atom stereocenters. The number of nitrogens with one attached hydrogen (secondary N) is 2. The monoisotopic (exact) mass is 392 g/mol. The average Bonchev–Trinajstić information content (AvgIpc) is 3.23. The van der Waals surface area contributed by atoms with Gasteiger partial charge in [0.2, 0.25) is 0 Å². The third-order valence-corrected chi connectivity index (χ3v) is 4.67. The molecule has 1 aromatic heterocycles. The molecular formula is C22H24N4O3. The van der Waals surface area contributed by atoms with Crippen molar-refractivity contribution in [2.75, 3.05) is 0 Å². The summed E-state index contributed by atoms with van der Waals surface area (Å²) in [6, 6.07) is 12.8. The third kappa shape index (κ3) is 5.22. The van der Waals surface area contributed by atoms with E-state index >= 15 is 0 Å². The molecule has 0 saturated heterocycles. The molecule has 1 heterocycles.